The number of carbonyl (C=O) groups is 1. The van der Waals surface area contributed by atoms with Crippen LogP contribution in [0, 0.1) is 0 Å². The summed E-state index contributed by atoms with van der Waals surface area (Å²) in [5, 5.41) is 21.0. The Bertz CT molecular complexity index is 987. The Morgan fingerprint density at radius 1 is 1.06 bits per heavy atom. The van der Waals surface area contributed by atoms with E-state index in [1.807, 2.05) is 30.3 Å². The van der Waals surface area contributed by atoms with Crippen LogP contribution >= 0.6 is 11.6 Å². The maximum absolute atomic E-state index is 12.5. The predicted octanol–water partition coefficient (Wildman–Crippen LogP) is 1.16. The van der Waals surface area contributed by atoms with Crippen LogP contribution in [0.1, 0.15) is 12.0 Å². The van der Waals surface area contributed by atoms with Crippen molar-refractivity contribution in [2.75, 3.05) is 13.6 Å². The molecule has 3 N–H and O–H groups in total. The lowest BCUT2D eigenvalue weighted by Gasteiger charge is -2.21. The van der Waals surface area contributed by atoms with Crippen molar-refractivity contribution in [2.45, 2.75) is 42.3 Å². The summed E-state index contributed by atoms with van der Waals surface area (Å²) >= 11 is 5.78. The van der Waals surface area contributed by atoms with Crippen molar-refractivity contribution in [2.24, 2.45) is 0 Å². The van der Waals surface area contributed by atoms with E-state index in [2.05, 4.69) is 4.72 Å². The van der Waals surface area contributed by atoms with Gasteiger partial charge in [0.1, 0.15) is 18.3 Å². The van der Waals surface area contributed by atoms with Crippen molar-refractivity contribution < 1.29 is 28.2 Å². The largest absolute Gasteiger partial charge is 0.388 e. The molecule has 4 atom stereocenters. The molecule has 0 aliphatic carbocycles. The topological polar surface area (TPSA) is 116 Å². The summed E-state index contributed by atoms with van der Waals surface area (Å²) in [6.07, 6.45) is -4.70. The third-order valence-corrected chi connectivity index (χ3v) is 6.82. The number of nitrogens with one attached hydrogen (secondary N) is 1. The molecule has 0 spiro atoms. The van der Waals surface area contributed by atoms with E-state index in [9.17, 15) is 23.4 Å². The molecule has 31 heavy (non-hydrogen) atoms. The summed E-state index contributed by atoms with van der Waals surface area (Å²) in [5.74, 6) is -0.262. The molecule has 1 heterocycles. The van der Waals surface area contributed by atoms with Crippen molar-refractivity contribution in [3.63, 3.8) is 0 Å². The van der Waals surface area contributed by atoms with Gasteiger partial charge in [-0.15, -0.1) is 0 Å². The number of aliphatic hydroxyl groups excluding tert-OH is 2. The summed E-state index contributed by atoms with van der Waals surface area (Å²) in [6, 6.07) is 15.1. The molecule has 3 rings (SSSR count). The van der Waals surface area contributed by atoms with Crippen LogP contribution in [0.15, 0.2) is 59.5 Å². The number of carbonyl (C=O) groups excluding carboxylic acids is 1. The van der Waals surface area contributed by atoms with E-state index in [-0.39, 0.29) is 23.8 Å². The van der Waals surface area contributed by atoms with Gasteiger partial charge >= 0.3 is 0 Å². The maximum Gasteiger partial charge on any atom is 0.240 e. The van der Waals surface area contributed by atoms with Gasteiger partial charge in [-0.2, -0.15) is 0 Å². The van der Waals surface area contributed by atoms with Gasteiger partial charge in [-0.3, -0.25) is 4.79 Å². The highest BCUT2D eigenvalue weighted by atomic mass is 35.5. The first kappa shape index (κ1) is 23.6. The number of aliphatic hydroxyl groups is 2. The average molecular weight is 469 g/mol. The number of hydrogen-bond donors (Lipinski definition) is 3. The molecule has 2 aromatic rings. The molecule has 0 saturated carbocycles. The van der Waals surface area contributed by atoms with Crippen LogP contribution in [0.3, 0.4) is 0 Å². The minimum Gasteiger partial charge on any atom is -0.388 e. The number of ether oxygens (including phenoxy) is 1. The van der Waals surface area contributed by atoms with E-state index < -0.39 is 34.4 Å². The van der Waals surface area contributed by atoms with E-state index in [4.69, 9.17) is 16.3 Å². The van der Waals surface area contributed by atoms with Gasteiger partial charge in [0.15, 0.2) is 0 Å². The molecule has 0 aromatic heterocycles. The number of halogens is 1. The van der Waals surface area contributed by atoms with Gasteiger partial charge in [0.05, 0.1) is 17.4 Å². The molecule has 0 radical (unpaired) electrons. The van der Waals surface area contributed by atoms with Crippen LogP contribution in [-0.2, 0) is 26.1 Å². The Morgan fingerprint density at radius 2 is 1.68 bits per heavy atom. The zero-order chi connectivity index (χ0) is 22.6. The smallest absolute Gasteiger partial charge is 0.240 e. The fourth-order valence-corrected chi connectivity index (χ4v) is 4.50. The lowest BCUT2D eigenvalue weighted by Crippen LogP contribution is -2.40. The number of rotatable bonds is 8. The fourth-order valence-electron chi connectivity index (χ4n) is 3.33. The zero-order valence-electron chi connectivity index (χ0n) is 16.9. The van der Waals surface area contributed by atoms with Gasteiger partial charge in [0, 0.05) is 25.2 Å². The monoisotopic (exact) mass is 468 g/mol. The minimum atomic E-state index is -3.85. The molecule has 1 saturated heterocycles. The molecular formula is C21H25ClN2O6S. The predicted molar refractivity (Wildman–Crippen MR) is 115 cm³/mol. The Hall–Kier alpha value is -2.01. The van der Waals surface area contributed by atoms with Crippen LogP contribution in [0.5, 0.6) is 0 Å². The number of amides is 1. The molecule has 0 unspecified atom stereocenters. The van der Waals surface area contributed by atoms with E-state index >= 15 is 0 Å². The Labute approximate surface area is 186 Å². The summed E-state index contributed by atoms with van der Waals surface area (Å²) in [6.45, 7) is 0.142. The highest BCUT2D eigenvalue weighted by Gasteiger charge is 2.43. The van der Waals surface area contributed by atoms with Crippen molar-refractivity contribution in [3.05, 3.63) is 65.2 Å². The van der Waals surface area contributed by atoms with E-state index in [1.165, 1.54) is 29.2 Å². The van der Waals surface area contributed by atoms with Crippen molar-refractivity contribution >= 4 is 27.5 Å². The number of sulfonamides is 1. The van der Waals surface area contributed by atoms with Crippen LogP contribution in [0.2, 0.25) is 5.02 Å². The van der Waals surface area contributed by atoms with Gasteiger partial charge in [0.2, 0.25) is 15.9 Å². The Kier molecular flexibility index (Phi) is 7.68. The number of nitrogens with zero attached hydrogens (tertiary/aromatic N) is 1. The summed E-state index contributed by atoms with van der Waals surface area (Å²) < 4.78 is 32.8. The standard InChI is InChI=1S/C21H25ClN2O6S/c1-24(13-14-5-3-2-4-6-14)19(25)11-17-20(26)21(27)18(30-17)12-23-31(28,29)16-9-7-15(22)8-10-16/h2-10,17-18,20-21,23,26-27H,11-13H2,1H3/t17-,18-,20+,21-/m1/s1. The first-order valence-corrected chi connectivity index (χ1v) is 11.6. The van der Waals surface area contributed by atoms with Crippen molar-refractivity contribution in [1.82, 2.24) is 9.62 Å². The Morgan fingerprint density at radius 3 is 2.32 bits per heavy atom. The highest BCUT2D eigenvalue weighted by Crippen LogP contribution is 2.25. The molecule has 1 fully saturated rings. The molecule has 168 valence electrons. The molecule has 1 amide bonds. The van der Waals surface area contributed by atoms with E-state index in [0.29, 0.717) is 11.6 Å². The molecule has 1 aliphatic heterocycles. The average Bonchev–Trinajstić information content (AvgIpc) is 3.01. The third kappa shape index (κ3) is 6.03. The zero-order valence-corrected chi connectivity index (χ0v) is 18.5. The van der Waals surface area contributed by atoms with Crippen LogP contribution in [0.25, 0.3) is 0 Å². The molecule has 0 bridgehead atoms. The van der Waals surface area contributed by atoms with Crippen LogP contribution in [-0.4, -0.2) is 67.4 Å². The SMILES string of the molecule is CN(Cc1ccccc1)C(=O)C[C@H]1O[C@H](CNS(=O)(=O)c2ccc(Cl)cc2)[C@@H](O)[C@H]1O. The van der Waals surface area contributed by atoms with Gasteiger partial charge in [-0.05, 0) is 29.8 Å². The first-order chi connectivity index (χ1) is 14.7. The van der Waals surface area contributed by atoms with E-state index in [1.54, 1.807) is 7.05 Å². The molecule has 2 aromatic carbocycles. The highest BCUT2D eigenvalue weighted by molar-refractivity contribution is 7.89. The maximum atomic E-state index is 12.5. The fraction of sp³-hybridized carbons (Fsp3) is 0.381. The summed E-state index contributed by atoms with van der Waals surface area (Å²) in [7, 11) is -2.21. The van der Waals surface area contributed by atoms with Crippen molar-refractivity contribution in [3.8, 4) is 0 Å². The van der Waals surface area contributed by atoms with Crippen LogP contribution < -0.4 is 4.72 Å². The second kappa shape index (κ2) is 10.1. The Balaban J connectivity index is 1.55. The molecule has 10 heteroatoms. The second-order valence-corrected chi connectivity index (χ2v) is 9.64. The number of benzene rings is 2. The molecular weight excluding hydrogens is 444 g/mol. The summed E-state index contributed by atoms with van der Waals surface area (Å²) in [4.78, 5) is 14.0. The minimum absolute atomic E-state index is 0.0131. The van der Waals surface area contributed by atoms with Gasteiger partial charge in [-0.1, -0.05) is 41.9 Å². The first-order valence-electron chi connectivity index (χ1n) is 9.72. The molecule has 8 nitrogen and oxygen atoms in total. The van der Waals surface area contributed by atoms with Gasteiger partial charge < -0.3 is 19.8 Å². The lowest BCUT2D eigenvalue weighted by atomic mass is 10.1. The lowest BCUT2D eigenvalue weighted by molar-refractivity contribution is -0.134. The third-order valence-electron chi connectivity index (χ3n) is 5.12. The van der Waals surface area contributed by atoms with Crippen molar-refractivity contribution in [1.29, 1.82) is 0 Å². The van der Waals surface area contributed by atoms with Crippen LogP contribution in [0.4, 0.5) is 0 Å². The summed E-state index contributed by atoms with van der Waals surface area (Å²) in [5.41, 5.74) is 0.959. The normalized spacial score (nSPS) is 23.6. The van der Waals surface area contributed by atoms with E-state index in [0.717, 1.165) is 5.56 Å². The van der Waals surface area contributed by atoms with Gasteiger partial charge in [-0.25, -0.2) is 13.1 Å². The quantitative estimate of drug-likeness (QED) is 0.535. The molecule has 1 aliphatic rings. The number of hydrogen-bond acceptors (Lipinski definition) is 6. The second-order valence-electron chi connectivity index (χ2n) is 7.44. The van der Waals surface area contributed by atoms with Gasteiger partial charge in [0.25, 0.3) is 0 Å².